The quantitative estimate of drug-likeness (QED) is 0.293. The molecule has 1 amide bonds. The number of hydroxylamine groups is 2. The monoisotopic (exact) mass is 668 g/mol. The molecule has 3 saturated heterocycles. The van der Waals surface area contributed by atoms with E-state index in [1.807, 2.05) is 84.9 Å². The van der Waals surface area contributed by atoms with Gasteiger partial charge in [0.25, 0.3) is 0 Å². The summed E-state index contributed by atoms with van der Waals surface area (Å²) in [7, 11) is 0. The second-order valence-corrected chi connectivity index (χ2v) is 12.0. The van der Waals surface area contributed by atoms with Crippen LogP contribution >= 0.6 is 22.6 Å². The predicted octanol–water partition coefficient (Wildman–Crippen LogP) is 2.88. The number of fused-ring (bicyclic) bond motifs is 4. The summed E-state index contributed by atoms with van der Waals surface area (Å²) in [4.78, 5) is 34.4. The van der Waals surface area contributed by atoms with Gasteiger partial charge in [0, 0.05) is 27.7 Å². The van der Waals surface area contributed by atoms with Crippen LogP contribution in [0.15, 0.2) is 84.9 Å². The molecule has 6 unspecified atom stereocenters. The highest BCUT2D eigenvalue weighted by Crippen LogP contribution is 2.59. The van der Waals surface area contributed by atoms with Gasteiger partial charge in [0.05, 0.1) is 13.2 Å². The van der Waals surface area contributed by atoms with Gasteiger partial charge >= 0.3 is 5.97 Å². The lowest BCUT2D eigenvalue weighted by Gasteiger charge is -2.48. The fourth-order valence-electron chi connectivity index (χ4n) is 6.82. The molecule has 4 fully saturated rings. The Morgan fingerprint density at radius 2 is 1.59 bits per heavy atom. The molecule has 10 heteroatoms. The number of ether oxygens (including phenoxy) is 3. The first-order valence-corrected chi connectivity index (χ1v) is 14.8. The van der Waals surface area contributed by atoms with E-state index in [0.717, 1.165) is 20.3 Å². The minimum Gasteiger partial charge on any atom is -0.458 e. The number of amides is 1. The third-order valence-electron chi connectivity index (χ3n) is 8.57. The fourth-order valence-corrected chi connectivity index (χ4v) is 7.38. The van der Waals surface area contributed by atoms with Gasteiger partial charge in [0.15, 0.2) is 6.04 Å². The third kappa shape index (κ3) is 4.15. The number of carbonyl (C=O) groups excluding carboxylic acids is 2. The van der Waals surface area contributed by atoms with Gasteiger partial charge in [-0.3, -0.25) is 14.4 Å². The number of hydrogen-bond donors (Lipinski definition) is 2. The first kappa shape index (κ1) is 27.0. The van der Waals surface area contributed by atoms with E-state index in [9.17, 15) is 14.7 Å². The van der Waals surface area contributed by atoms with Crippen LogP contribution in [0.3, 0.4) is 0 Å². The zero-order valence-corrected chi connectivity index (χ0v) is 24.2. The number of hydrogen-bond acceptors (Lipinski definition) is 8. The van der Waals surface area contributed by atoms with Gasteiger partial charge in [-0.1, -0.05) is 78.9 Å². The highest BCUT2D eigenvalue weighted by Gasteiger charge is 2.76. The molecular formula is C31H29IN2O7. The summed E-state index contributed by atoms with van der Waals surface area (Å²) in [6.45, 7) is 0.101. The van der Waals surface area contributed by atoms with Crippen molar-refractivity contribution < 1.29 is 33.7 Å². The molecular weight excluding hydrogens is 639 g/mol. The molecule has 3 heterocycles. The smallest absolute Gasteiger partial charge is 0.327 e. The molecule has 3 aromatic carbocycles. The number of carbonyl (C=O) groups is 2. The van der Waals surface area contributed by atoms with Crippen LogP contribution in [0.5, 0.6) is 0 Å². The van der Waals surface area contributed by atoms with Crippen molar-refractivity contribution in [1.82, 2.24) is 10.4 Å². The number of benzene rings is 3. The number of rotatable bonds is 7. The molecule has 41 heavy (non-hydrogen) atoms. The van der Waals surface area contributed by atoms with Crippen LogP contribution in [0, 0.1) is 8.99 Å². The lowest BCUT2D eigenvalue weighted by Crippen LogP contribution is -2.69. The van der Waals surface area contributed by atoms with Crippen LogP contribution in [0.25, 0.3) is 0 Å². The fraction of sp³-hybridized carbons (Fsp3) is 0.355. The minimum atomic E-state index is -1.30. The molecule has 2 N–H and O–H groups in total. The summed E-state index contributed by atoms with van der Waals surface area (Å²) < 4.78 is 20.8. The largest absolute Gasteiger partial charge is 0.458 e. The molecule has 0 spiro atoms. The number of aliphatic hydroxyl groups excluding tert-OH is 1. The van der Waals surface area contributed by atoms with E-state index in [0.29, 0.717) is 0 Å². The van der Waals surface area contributed by atoms with Crippen LogP contribution in [-0.4, -0.2) is 65.7 Å². The number of nitrogens with zero attached hydrogens (tertiary/aromatic N) is 1. The maximum Gasteiger partial charge on any atom is 0.327 e. The van der Waals surface area contributed by atoms with Crippen LogP contribution in [-0.2, 0) is 41.0 Å². The molecule has 2 bridgehead atoms. The van der Waals surface area contributed by atoms with E-state index >= 15 is 0 Å². The summed E-state index contributed by atoms with van der Waals surface area (Å²) in [5.74, 6) is -2.20. The maximum atomic E-state index is 14.0. The van der Waals surface area contributed by atoms with Crippen molar-refractivity contribution in [2.75, 3.05) is 13.2 Å². The Bertz CT molecular complexity index is 1420. The summed E-state index contributed by atoms with van der Waals surface area (Å²) in [5.41, 5.74) is 1.22. The maximum absolute atomic E-state index is 14.0. The van der Waals surface area contributed by atoms with Gasteiger partial charge in [-0.15, -0.1) is 0 Å². The van der Waals surface area contributed by atoms with E-state index < -0.39 is 47.6 Å². The van der Waals surface area contributed by atoms with Gasteiger partial charge < -0.3 is 24.6 Å². The molecule has 0 radical (unpaired) electrons. The number of halogens is 1. The molecule has 6 atom stereocenters. The molecule has 0 aromatic heterocycles. The van der Waals surface area contributed by atoms with Gasteiger partial charge in [0.1, 0.15) is 29.8 Å². The minimum absolute atomic E-state index is 0.0553. The number of aliphatic hydroxyl groups is 1. The first-order chi connectivity index (χ1) is 20.0. The summed E-state index contributed by atoms with van der Waals surface area (Å²) >= 11 is 2.25. The molecule has 4 aliphatic rings. The predicted molar refractivity (Wildman–Crippen MR) is 154 cm³/mol. The molecule has 1 saturated carbocycles. The van der Waals surface area contributed by atoms with Crippen LogP contribution < -0.4 is 5.32 Å². The Kier molecular flexibility index (Phi) is 6.87. The van der Waals surface area contributed by atoms with E-state index in [1.165, 1.54) is 0 Å². The average molecular weight is 668 g/mol. The van der Waals surface area contributed by atoms with Crippen molar-refractivity contribution in [1.29, 1.82) is 0 Å². The average Bonchev–Trinajstić information content (AvgIpc) is 3.58. The van der Waals surface area contributed by atoms with Crippen molar-refractivity contribution in [3.63, 3.8) is 0 Å². The van der Waals surface area contributed by atoms with E-state index in [1.54, 1.807) is 5.06 Å². The van der Waals surface area contributed by atoms with Crippen LogP contribution in [0.1, 0.15) is 23.1 Å². The van der Waals surface area contributed by atoms with Crippen molar-refractivity contribution in [2.24, 2.45) is 5.41 Å². The highest BCUT2D eigenvalue weighted by molar-refractivity contribution is 14.1. The Labute approximate surface area is 250 Å². The molecule has 3 aromatic rings. The summed E-state index contributed by atoms with van der Waals surface area (Å²) in [5, 5.41) is 13.9. The van der Waals surface area contributed by atoms with Gasteiger partial charge in [-0.2, -0.15) is 5.06 Å². The Hall–Kier alpha value is -2.87. The normalized spacial score (nSPS) is 31.4. The molecule has 1 aliphatic carbocycles. The topological polar surface area (TPSA) is 107 Å². The Balaban J connectivity index is 1.34. The van der Waals surface area contributed by atoms with Gasteiger partial charge in [0.2, 0.25) is 11.7 Å². The van der Waals surface area contributed by atoms with Crippen molar-refractivity contribution in [3.05, 3.63) is 105 Å². The van der Waals surface area contributed by atoms with Crippen molar-refractivity contribution in [2.45, 2.75) is 49.2 Å². The van der Waals surface area contributed by atoms with Crippen LogP contribution in [0.4, 0.5) is 0 Å². The number of esters is 1. The van der Waals surface area contributed by atoms with Crippen molar-refractivity contribution >= 4 is 34.5 Å². The van der Waals surface area contributed by atoms with Crippen molar-refractivity contribution in [3.8, 4) is 0 Å². The van der Waals surface area contributed by atoms with E-state index in [-0.39, 0.29) is 32.0 Å². The Morgan fingerprint density at radius 3 is 2.24 bits per heavy atom. The third-order valence-corrected chi connectivity index (χ3v) is 9.62. The molecule has 7 rings (SSSR count). The zero-order valence-electron chi connectivity index (χ0n) is 22.0. The van der Waals surface area contributed by atoms with Crippen LogP contribution in [0.2, 0.25) is 0 Å². The van der Waals surface area contributed by atoms with E-state index in [4.69, 9.17) is 19.0 Å². The second kappa shape index (κ2) is 10.4. The SMILES string of the molecule is O=C1OC2CC3(C(=O)NCCO)C(ON(Cc4ccccc4I)C13)C1OC(c3ccccc3)(c3ccccc3)OC21. The lowest BCUT2D eigenvalue weighted by molar-refractivity contribution is -0.213. The molecule has 9 nitrogen and oxygen atoms in total. The molecule has 212 valence electrons. The standard InChI is InChI=1S/C31H29IN2O7/c32-22-14-8-7-9-19(22)18-34-26-28(36)38-23-17-30(26,29(37)33-15-16-35)27(41-34)25-24(23)39-31(40-25,20-10-3-1-4-11-20)21-12-5-2-6-13-21/h1-14,23-27,35H,15-18H2,(H,33,37). The molecule has 3 aliphatic heterocycles. The highest BCUT2D eigenvalue weighted by atomic mass is 127. The summed E-state index contributed by atoms with van der Waals surface area (Å²) in [6, 6.07) is 26.1. The number of nitrogens with one attached hydrogen (secondary N) is 1. The lowest BCUT2D eigenvalue weighted by atomic mass is 9.62. The Morgan fingerprint density at radius 1 is 0.951 bits per heavy atom. The summed E-state index contributed by atoms with van der Waals surface area (Å²) in [6.07, 6.45) is -2.77. The zero-order chi connectivity index (χ0) is 28.2. The second-order valence-electron chi connectivity index (χ2n) is 10.8. The first-order valence-electron chi connectivity index (χ1n) is 13.7. The van der Waals surface area contributed by atoms with Gasteiger partial charge in [-0.25, -0.2) is 0 Å². The van der Waals surface area contributed by atoms with E-state index in [2.05, 4.69) is 27.9 Å². The van der Waals surface area contributed by atoms with Gasteiger partial charge in [-0.05, 0) is 34.2 Å².